The van der Waals surface area contributed by atoms with Crippen molar-refractivity contribution in [3.63, 3.8) is 0 Å². The second kappa shape index (κ2) is 7.26. The average molecular weight is 247 g/mol. The summed E-state index contributed by atoms with van der Waals surface area (Å²) >= 11 is 7.39. The molecule has 3 heteroatoms. The molecule has 0 saturated heterocycles. The molecule has 0 spiro atoms. The molecule has 0 aromatic carbocycles. The monoisotopic (exact) mass is 246 g/mol. The number of hydrogen-bond donors (Lipinski definition) is 1. The first-order valence-corrected chi connectivity index (χ1v) is 6.84. The lowest BCUT2D eigenvalue weighted by Crippen LogP contribution is -2.09. The number of aliphatic hydroxyl groups is 1. The molecule has 0 saturated carbocycles. The minimum absolute atomic E-state index is 0.198. The normalized spacial score (nSPS) is 13.0. The smallest absolute Gasteiger partial charge is 0.0931 e. The summed E-state index contributed by atoms with van der Waals surface area (Å²) in [6.45, 7) is 2.20. The number of rotatable bonds is 7. The molecule has 1 rings (SSSR count). The van der Waals surface area contributed by atoms with Gasteiger partial charge in [-0.15, -0.1) is 11.3 Å². The molecule has 1 atom stereocenters. The summed E-state index contributed by atoms with van der Waals surface area (Å²) in [6.07, 6.45) is 6.36. The van der Waals surface area contributed by atoms with E-state index < -0.39 is 0 Å². The predicted molar refractivity (Wildman–Crippen MR) is 67.8 cm³/mol. The number of unbranched alkanes of at least 4 members (excludes halogenated alkanes) is 3. The fourth-order valence-electron chi connectivity index (χ4n) is 1.60. The minimum Gasteiger partial charge on any atom is -0.393 e. The fourth-order valence-corrected chi connectivity index (χ4v) is 2.76. The summed E-state index contributed by atoms with van der Waals surface area (Å²) in [4.78, 5) is 1.18. The van der Waals surface area contributed by atoms with Crippen molar-refractivity contribution in [1.82, 2.24) is 0 Å². The summed E-state index contributed by atoms with van der Waals surface area (Å²) in [5.41, 5.74) is 0. The standard InChI is InChI=1S/C12H19ClOS/c1-2-3-4-5-6-10(14)9-11-7-8-12(13)15-11/h7-8,10,14H,2-6,9H2,1H3. The highest BCUT2D eigenvalue weighted by Gasteiger charge is 2.07. The van der Waals surface area contributed by atoms with Crippen molar-refractivity contribution in [1.29, 1.82) is 0 Å². The Balaban J connectivity index is 2.15. The summed E-state index contributed by atoms with van der Waals surface area (Å²) in [6, 6.07) is 3.90. The topological polar surface area (TPSA) is 20.2 Å². The van der Waals surface area contributed by atoms with E-state index in [4.69, 9.17) is 11.6 Å². The van der Waals surface area contributed by atoms with Crippen LogP contribution in [0.1, 0.15) is 43.9 Å². The first-order chi connectivity index (χ1) is 7.22. The average Bonchev–Trinajstić information content (AvgIpc) is 2.59. The molecule has 1 aromatic heterocycles. The summed E-state index contributed by atoms with van der Waals surface area (Å²) in [5.74, 6) is 0. The Morgan fingerprint density at radius 3 is 2.73 bits per heavy atom. The van der Waals surface area contributed by atoms with Gasteiger partial charge in [-0.3, -0.25) is 0 Å². The highest BCUT2D eigenvalue weighted by Crippen LogP contribution is 2.23. The highest BCUT2D eigenvalue weighted by molar-refractivity contribution is 7.16. The molecule has 0 fully saturated rings. The van der Waals surface area contributed by atoms with Crippen molar-refractivity contribution in [3.8, 4) is 0 Å². The van der Waals surface area contributed by atoms with Crippen molar-refractivity contribution < 1.29 is 5.11 Å². The van der Waals surface area contributed by atoms with E-state index in [1.54, 1.807) is 11.3 Å². The SMILES string of the molecule is CCCCCCC(O)Cc1ccc(Cl)s1. The van der Waals surface area contributed by atoms with Gasteiger partial charge in [-0.2, -0.15) is 0 Å². The van der Waals surface area contributed by atoms with Gasteiger partial charge in [-0.1, -0.05) is 44.2 Å². The summed E-state index contributed by atoms with van der Waals surface area (Å²) in [5, 5.41) is 9.77. The molecule has 0 aliphatic rings. The van der Waals surface area contributed by atoms with Crippen LogP contribution in [0.2, 0.25) is 4.34 Å². The first kappa shape index (κ1) is 13.0. The maximum atomic E-state index is 9.77. The van der Waals surface area contributed by atoms with Gasteiger partial charge in [0.25, 0.3) is 0 Å². The van der Waals surface area contributed by atoms with Gasteiger partial charge in [0.05, 0.1) is 10.4 Å². The van der Waals surface area contributed by atoms with Crippen LogP contribution in [0.15, 0.2) is 12.1 Å². The molecular weight excluding hydrogens is 228 g/mol. The van der Waals surface area contributed by atoms with E-state index in [-0.39, 0.29) is 6.10 Å². The zero-order valence-corrected chi connectivity index (χ0v) is 10.8. The van der Waals surface area contributed by atoms with E-state index in [2.05, 4.69) is 6.92 Å². The van der Waals surface area contributed by atoms with Gasteiger partial charge in [-0.25, -0.2) is 0 Å². The van der Waals surface area contributed by atoms with Gasteiger partial charge >= 0.3 is 0 Å². The molecule has 1 nitrogen and oxygen atoms in total. The maximum absolute atomic E-state index is 9.77. The third-order valence-electron chi connectivity index (χ3n) is 2.46. The van der Waals surface area contributed by atoms with Crippen molar-refractivity contribution in [2.75, 3.05) is 0 Å². The van der Waals surface area contributed by atoms with Crippen molar-refractivity contribution >= 4 is 22.9 Å². The van der Waals surface area contributed by atoms with E-state index in [0.717, 1.165) is 23.6 Å². The zero-order chi connectivity index (χ0) is 11.1. The van der Waals surface area contributed by atoms with Gasteiger partial charge in [0.15, 0.2) is 0 Å². The predicted octanol–water partition coefficient (Wildman–Crippen LogP) is 4.28. The lowest BCUT2D eigenvalue weighted by Gasteiger charge is -2.08. The van der Waals surface area contributed by atoms with Gasteiger partial charge in [0.2, 0.25) is 0 Å². The molecule has 0 radical (unpaired) electrons. The first-order valence-electron chi connectivity index (χ1n) is 5.64. The van der Waals surface area contributed by atoms with Crippen molar-refractivity contribution in [2.45, 2.75) is 51.6 Å². The van der Waals surface area contributed by atoms with Crippen LogP contribution in [-0.2, 0) is 6.42 Å². The van der Waals surface area contributed by atoms with E-state index >= 15 is 0 Å². The van der Waals surface area contributed by atoms with E-state index in [0.29, 0.717) is 0 Å². The third kappa shape index (κ3) is 5.55. The highest BCUT2D eigenvalue weighted by atomic mass is 35.5. The molecule has 15 heavy (non-hydrogen) atoms. The molecule has 0 aliphatic heterocycles. The van der Waals surface area contributed by atoms with Gasteiger partial charge in [0.1, 0.15) is 0 Å². The molecule has 0 bridgehead atoms. The minimum atomic E-state index is -0.198. The van der Waals surface area contributed by atoms with Crippen LogP contribution in [0.25, 0.3) is 0 Å². The van der Waals surface area contributed by atoms with Crippen LogP contribution in [0, 0.1) is 0 Å². The Bertz CT molecular complexity index is 272. The fraction of sp³-hybridized carbons (Fsp3) is 0.667. The number of aliphatic hydroxyl groups excluding tert-OH is 1. The van der Waals surface area contributed by atoms with E-state index in [1.165, 1.54) is 24.1 Å². The van der Waals surface area contributed by atoms with Crippen LogP contribution >= 0.6 is 22.9 Å². The zero-order valence-electron chi connectivity index (χ0n) is 9.21. The summed E-state index contributed by atoms with van der Waals surface area (Å²) in [7, 11) is 0. The largest absolute Gasteiger partial charge is 0.393 e. The van der Waals surface area contributed by atoms with Crippen molar-refractivity contribution in [3.05, 3.63) is 21.3 Å². The van der Waals surface area contributed by atoms with Crippen LogP contribution in [0.5, 0.6) is 0 Å². The Hall–Kier alpha value is -0.0500. The van der Waals surface area contributed by atoms with Gasteiger partial charge < -0.3 is 5.11 Å². The second-order valence-electron chi connectivity index (χ2n) is 3.91. The number of hydrogen-bond acceptors (Lipinski definition) is 2. The lowest BCUT2D eigenvalue weighted by molar-refractivity contribution is 0.162. The number of thiophene rings is 1. The summed E-state index contributed by atoms with van der Waals surface area (Å²) < 4.78 is 0.809. The van der Waals surface area contributed by atoms with Gasteiger partial charge in [0, 0.05) is 11.3 Å². The molecule has 0 aliphatic carbocycles. The molecule has 0 amide bonds. The second-order valence-corrected chi connectivity index (χ2v) is 5.71. The van der Waals surface area contributed by atoms with Gasteiger partial charge in [-0.05, 0) is 18.6 Å². The van der Waals surface area contributed by atoms with Crippen LogP contribution in [-0.4, -0.2) is 11.2 Å². The van der Waals surface area contributed by atoms with E-state index in [1.807, 2.05) is 12.1 Å². The molecule has 1 heterocycles. The molecule has 86 valence electrons. The third-order valence-corrected chi connectivity index (χ3v) is 3.71. The Kier molecular flexibility index (Phi) is 6.30. The molecule has 1 N–H and O–H groups in total. The molecule has 1 aromatic rings. The van der Waals surface area contributed by atoms with Crippen LogP contribution in [0.4, 0.5) is 0 Å². The Morgan fingerprint density at radius 1 is 1.33 bits per heavy atom. The maximum Gasteiger partial charge on any atom is 0.0931 e. The quantitative estimate of drug-likeness (QED) is 0.713. The van der Waals surface area contributed by atoms with Crippen molar-refractivity contribution in [2.24, 2.45) is 0 Å². The Morgan fingerprint density at radius 2 is 2.13 bits per heavy atom. The van der Waals surface area contributed by atoms with Crippen LogP contribution in [0.3, 0.4) is 0 Å². The lowest BCUT2D eigenvalue weighted by atomic mass is 10.1. The van der Waals surface area contributed by atoms with Crippen LogP contribution < -0.4 is 0 Å². The Labute approximate surface area is 101 Å². The number of halogens is 1. The molecule has 1 unspecified atom stereocenters. The molecular formula is C12H19ClOS. The van der Waals surface area contributed by atoms with E-state index in [9.17, 15) is 5.11 Å².